The largest absolute Gasteiger partial charge is 0.408 e. The van der Waals surface area contributed by atoms with Crippen molar-refractivity contribution >= 4 is 10.9 Å². The minimum Gasteiger partial charge on any atom is -0.264 e. The van der Waals surface area contributed by atoms with Gasteiger partial charge < -0.3 is 0 Å². The van der Waals surface area contributed by atoms with Gasteiger partial charge in [0.1, 0.15) is 6.54 Å². The second kappa shape index (κ2) is 3.18. The summed E-state index contributed by atoms with van der Waals surface area (Å²) in [6.45, 7) is -1.31. The Labute approximate surface area is 81.3 Å². The Bertz CT molecular complexity index is 488. The normalized spacial score (nSPS) is 12.3. The quantitative estimate of drug-likeness (QED) is 0.688. The lowest BCUT2D eigenvalue weighted by Crippen LogP contribution is -2.18. The number of fused-ring (bicyclic) bond motifs is 1. The van der Waals surface area contributed by atoms with Gasteiger partial charge in [0, 0.05) is 12.4 Å². The number of pyridine rings is 1. The fourth-order valence-electron chi connectivity index (χ4n) is 1.28. The lowest BCUT2D eigenvalue weighted by molar-refractivity contribution is -0.142. The van der Waals surface area contributed by atoms with Crippen molar-refractivity contribution in [2.45, 2.75) is 12.7 Å². The number of rotatable bonds is 1. The van der Waals surface area contributed by atoms with E-state index < -0.39 is 18.7 Å². The van der Waals surface area contributed by atoms with Gasteiger partial charge in [-0.2, -0.15) is 17.6 Å². The van der Waals surface area contributed by atoms with E-state index in [0.717, 1.165) is 6.20 Å². The molecule has 0 atom stereocenters. The van der Waals surface area contributed by atoms with E-state index in [0.29, 0.717) is 4.68 Å². The van der Waals surface area contributed by atoms with Gasteiger partial charge in [-0.15, -0.1) is 5.10 Å². The fourth-order valence-corrected chi connectivity index (χ4v) is 1.28. The first-order valence-corrected chi connectivity index (χ1v) is 4.00. The number of hydrogen-bond donors (Lipinski definition) is 0. The molecule has 0 aliphatic carbocycles. The van der Waals surface area contributed by atoms with E-state index in [1.54, 1.807) is 0 Å². The van der Waals surface area contributed by atoms with E-state index in [-0.39, 0.29) is 10.9 Å². The topological polar surface area (TPSA) is 30.7 Å². The van der Waals surface area contributed by atoms with Crippen LogP contribution >= 0.6 is 0 Å². The molecular weight excluding hydrogens is 214 g/mol. The maximum absolute atomic E-state index is 13.0. The molecule has 0 unspecified atom stereocenters. The summed E-state index contributed by atoms with van der Waals surface area (Å²) in [6, 6.07) is 1.29. The van der Waals surface area contributed by atoms with Crippen molar-refractivity contribution in [1.82, 2.24) is 14.8 Å². The molecule has 0 aliphatic rings. The molecule has 15 heavy (non-hydrogen) atoms. The van der Waals surface area contributed by atoms with Crippen molar-refractivity contribution in [3.05, 3.63) is 24.4 Å². The van der Waals surface area contributed by atoms with E-state index >= 15 is 0 Å². The number of halogens is 4. The highest BCUT2D eigenvalue weighted by Crippen LogP contribution is 2.22. The third-order valence-electron chi connectivity index (χ3n) is 1.84. The van der Waals surface area contributed by atoms with Crippen LogP contribution in [0.4, 0.5) is 17.6 Å². The van der Waals surface area contributed by atoms with Crippen molar-refractivity contribution < 1.29 is 17.6 Å². The molecule has 80 valence electrons. The number of hydrogen-bond acceptors (Lipinski definition) is 2. The van der Waals surface area contributed by atoms with Gasteiger partial charge >= 0.3 is 6.18 Å². The number of alkyl halides is 3. The van der Waals surface area contributed by atoms with E-state index in [1.165, 1.54) is 12.3 Å². The van der Waals surface area contributed by atoms with Gasteiger partial charge in [-0.05, 0) is 6.07 Å². The molecule has 0 bridgehead atoms. The van der Waals surface area contributed by atoms with Crippen LogP contribution in [0.5, 0.6) is 0 Å². The average Bonchev–Trinajstić information content (AvgIpc) is 2.42. The third-order valence-corrected chi connectivity index (χ3v) is 1.84. The third kappa shape index (κ3) is 1.90. The summed E-state index contributed by atoms with van der Waals surface area (Å²) in [4.78, 5) is 3.61. The highest BCUT2D eigenvalue weighted by molar-refractivity contribution is 5.77. The van der Waals surface area contributed by atoms with Gasteiger partial charge in [0.05, 0.1) is 10.9 Å². The summed E-state index contributed by atoms with van der Waals surface area (Å²) in [7, 11) is 0. The minimum atomic E-state index is -4.42. The Morgan fingerprint density at radius 2 is 2.07 bits per heavy atom. The summed E-state index contributed by atoms with van der Waals surface area (Å²) in [6.07, 6.45) is -1.99. The molecule has 0 aromatic carbocycles. The van der Waals surface area contributed by atoms with Gasteiger partial charge in [0.15, 0.2) is 0 Å². The summed E-state index contributed by atoms with van der Waals surface area (Å²) in [5, 5.41) is 3.15. The van der Waals surface area contributed by atoms with Gasteiger partial charge in [0.25, 0.3) is 0 Å². The molecule has 2 rings (SSSR count). The van der Waals surface area contributed by atoms with Crippen LogP contribution in [-0.2, 0) is 6.54 Å². The molecule has 0 radical (unpaired) electrons. The molecule has 0 aliphatic heterocycles. The van der Waals surface area contributed by atoms with Crippen molar-refractivity contribution in [1.29, 1.82) is 0 Å². The van der Waals surface area contributed by atoms with E-state index in [2.05, 4.69) is 10.1 Å². The maximum Gasteiger partial charge on any atom is 0.408 e. The van der Waals surface area contributed by atoms with Gasteiger partial charge in [-0.25, -0.2) is 0 Å². The molecule has 0 N–H and O–H groups in total. The molecule has 0 spiro atoms. The van der Waals surface area contributed by atoms with Gasteiger partial charge in [-0.1, -0.05) is 0 Å². The molecule has 2 heterocycles. The van der Waals surface area contributed by atoms with Crippen molar-refractivity contribution in [2.75, 3.05) is 0 Å². The monoisotopic (exact) mass is 219 g/mol. The zero-order valence-electron chi connectivity index (χ0n) is 7.29. The van der Waals surface area contributed by atoms with Crippen LogP contribution < -0.4 is 0 Å². The first-order valence-electron chi connectivity index (χ1n) is 4.00. The van der Waals surface area contributed by atoms with Crippen molar-refractivity contribution in [3.8, 4) is 0 Å². The van der Waals surface area contributed by atoms with Gasteiger partial charge in [-0.3, -0.25) is 9.67 Å². The lowest BCUT2D eigenvalue weighted by atomic mass is 10.3. The Kier molecular flexibility index (Phi) is 2.09. The van der Waals surface area contributed by atoms with Crippen LogP contribution in [0.25, 0.3) is 10.9 Å². The standard InChI is InChI=1S/C8H5F4N3/c9-7-5-3-13-2-1-6(5)15(14-7)4-8(10,11)12/h1-3H,4H2. The molecule has 3 nitrogen and oxygen atoms in total. The maximum atomic E-state index is 13.0. The predicted octanol–water partition coefficient (Wildman–Crippen LogP) is 2.13. The van der Waals surface area contributed by atoms with Crippen LogP contribution in [-0.4, -0.2) is 20.9 Å². The van der Waals surface area contributed by atoms with Crippen molar-refractivity contribution in [3.63, 3.8) is 0 Å². The van der Waals surface area contributed by atoms with Crippen LogP contribution in [0, 0.1) is 5.95 Å². The van der Waals surface area contributed by atoms with Gasteiger partial charge in [0.2, 0.25) is 5.95 Å². The molecule has 0 saturated carbocycles. The smallest absolute Gasteiger partial charge is 0.264 e. The van der Waals surface area contributed by atoms with Crippen LogP contribution in [0.2, 0.25) is 0 Å². The number of nitrogens with zero attached hydrogens (tertiary/aromatic N) is 3. The summed E-state index contributed by atoms with van der Waals surface area (Å²) >= 11 is 0. The summed E-state index contributed by atoms with van der Waals surface area (Å²) in [5.41, 5.74) is 0.0832. The first-order chi connectivity index (χ1) is 6.97. The summed E-state index contributed by atoms with van der Waals surface area (Å²) < 4.78 is 49.9. The summed E-state index contributed by atoms with van der Waals surface area (Å²) in [5.74, 6) is -0.942. The van der Waals surface area contributed by atoms with E-state index in [4.69, 9.17) is 0 Å². The van der Waals surface area contributed by atoms with Crippen LogP contribution in [0.1, 0.15) is 0 Å². The molecule has 2 aromatic heterocycles. The fraction of sp³-hybridized carbons (Fsp3) is 0.250. The molecule has 0 amide bonds. The Hall–Kier alpha value is -1.66. The Morgan fingerprint density at radius 3 is 2.73 bits per heavy atom. The van der Waals surface area contributed by atoms with E-state index in [9.17, 15) is 17.6 Å². The highest BCUT2D eigenvalue weighted by Gasteiger charge is 2.29. The Balaban J connectivity index is 2.53. The molecule has 7 heteroatoms. The second-order valence-corrected chi connectivity index (χ2v) is 2.96. The zero-order chi connectivity index (χ0) is 11.1. The van der Waals surface area contributed by atoms with E-state index in [1.807, 2.05) is 0 Å². The Morgan fingerprint density at radius 1 is 1.33 bits per heavy atom. The van der Waals surface area contributed by atoms with Crippen LogP contribution in [0.3, 0.4) is 0 Å². The minimum absolute atomic E-state index is 0.0123. The molecule has 2 aromatic rings. The zero-order valence-corrected chi connectivity index (χ0v) is 7.29. The number of aromatic nitrogens is 3. The molecule has 0 fully saturated rings. The molecular formula is C8H5F4N3. The highest BCUT2D eigenvalue weighted by atomic mass is 19.4. The van der Waals surface area contributed by atoms with Crippen molar-refractivity contribution in [2.24, 2.45) is 0 Å². The lowest BCUT2D eigenvalue weighted by Gasteiger charge is -2.06. The first kappa shape index (κ1) is 9.88. The second-order valence-electron chi connectivity index (χ2n) is 2.96. The predicted molar refractivity (Wildman–Crippen MR) is 43.5 cm³/mol. The molecule has 0 saturated heterocycles. The van der Waals surface area contributed by atoms with Crippen LogP contribution in [0.15, 0.2) is 18.5 Å². The SMILES string of the molecule is Fc1nn(CC(F)(F)F)c2ccncc12. The average molecular weight is 219 g/mol.